The molecule has 0 unspecified atom stereocenters. The zero-order valence-electron chi connectivity index (χ0n) is 8.39. The van der Waals surface area contributed by atoms with Crippen molar-refractivity contribution < 1.29 is 0 Å². The molecular weight excluding hydrogens is 180 g/mol. The fourth-order valence-corrected chi connectivity index (χ4v) is 1.71. The first-order chi connectivity index (χ1) is 6.22. The molecule has 1 heteroatoms. The normalized spacial score (nSPS) is 10.8. The summed E-state index contributed by atoms with van der Waals surface area (Å²) in [4.78, 5) is 0. The minimum Gasteiger partial charge on any atom is -0.126 e. The van der Waals surface area contributed by atoms with E-state index in [-0.39, 0.29) is 0 Å². The van der Waals surface area contributed by atoms with Crippen LogP contribution in [0.25, 0.3) is 0 Å². The molecule has 0 aliphatic rings. The van der Waals surface area contributed by atoms with Gasteiger partial charge in [0.2, 0.25) is 0 Å². The quantitative estimate of drug-likeness (QED) is 0.645. The second-order valence-electron chi connectivity index (χ2n) is 3.86. The molecule has 0 spiro atoms. The minimum absolute atomic E-state index is 0.713. The molecule has 0 saturated carbocycles. The maximum Gasteiger partial charge on any atom is 0.0263 e. The lowest BCUT2D eigenvalue weighted by Crippen LogP contribution is -1.95. The van der Waals surface area contributed by atoms with Gasteiger partial charge in [0.25, 0.3) is 0 Å². The molecule has 0 saturated heterocycles. The zero-order chi connectivity index (χ0) is 9.68. The van der Waals surface area contributed by atoms with E-state index in [1.165, 1.54) is 11.1 Å². The van der Waals surface area contributed by atoms with Gasteiger partial charge in [-0.15, -0.1) is 11.6 Å². The lowest BCUT2D eigenvalue weighted by atomic mass is 10.0. The molecular formula is C12H17Cl. The Kier molecular flexibility index (Phi) is 4.31. The van der Waals surface area contributed by atoms with Gasteiger partial charge >= 0.3 is 0 Å². The van der Waals surface area contributed by atoms with Gasteiger partial charge in [0.15, 0.2) is 0 Å². The first-order valence-electron chi connectivity index (χ1n) is 4.86. The van der Waals surface area contributed by atoms with Gasteiger partial charge in [-0.25, -0.2) is 0 Å². The monoisotopic (exact) mass is 196 g/mol. The molecule has 0 amide bonds. The fourth-order valence-electron chi connectivity index (χ4n) is 1.49. The highest BCUT2D eigenvalue weighted by Crippen LogP contribution is 2.11. The molecule has 0 radical (unpaired) electrons. The summed E-state index contributed by atoms with van der Waals surface area (Å²) >= 11 is 5.69. The van der Waals surface area contributed by atoms with E-state index in [9.17, 15) is 0 Å². The van der Waals surface area contributed by atoms with Crippen molar-refractivity contribution in [3.63, 3.8) is 0 Å². The topological polar surface area (TPSA) is 0 Å². The van der Waals surface area contributed by atoms with Crippen LogP contribution in [0.3, 0.4) is 0 Å². The molecule has 13 heavy (non-hydrogen) atoms. The van der Waals surface area contributed by atoms with Gasteiger partial charge in [0, 0.05) is 5.88 Å². The molecule has 0 aromatic heterocycles. The van der Waals surface area contributed by atoms with E-state index in [4.69, 9.17) is 11.6 Å². The SMILES string of the molecule is CC(C)Cc1cccc(CCCl)c1. The lowest BCUT2D eigenvalue weighted by Gasteiger charge is -2.06. The van der Waals surface area contributed by atoms with E-state index < -0.39 is 0 Å². The van der Waals surface area contributed by atoms with Gasteiger partial charge in [-0.1, -0.05) is 38.1 Å². The highest BCUT2D eigenvalue weighted by molar-refractivity contribution is 6.17. The molecule has 0 bridgehead atoms. The number of hydrogen-bond donors (Lipinski definition) is 0. The summed E-state index contributed by atoms with van der Waals surface area (Å²) in [7, 11) is 0. The average molecular weight is 197 g/mol. The third-order valence-electron chi connectivity index (χ3n) is 2.02. The summed E-state index contributed by atoms with van der Waals surface area (Å²) in [5.74, 6) is 1.44. The van der Waals surface area contributed by atoms with Crippen LogP contribution in [0.15, 0.2) is 24.3 Å². The van der Waals surface area contributed by atoms with Gasteiger partial charge in [-0.2, -0.15) is 0 Å². The standard InChI is InChI=1S/C12H17Cl/c1-10(2)8-12-5-3-4-11(9-12)6-7-13/h3-5,9-10H,6-8H2,1-2H3. The Bertz CT molecular complexity index is 253. The van der Waals surface area contributed by atoms with Crippen molar-refractivity contribution in [2.24, 2.45) is 5.92 Å². The van der Waals surface area contributed by atoms with Crippen LogP contribution in [0.2, 0.25) is 0 Å². The van der Waals surface area contributed by atoms with Crippen molar-refractivity contribution in [2.45, 2.75) is 26.7 Å². The maximum atomic E-state index is 5.69. The Labute approximate surface area is 85.9 Å². The van der Waals surface area contributed by atoms with Gasteiger partial charge in [0.1, 0.15) is 0 Å². The van der Waals surface area contributed by atoms with E-state index in [0.29, 0.717) is 5.88 Å². The molecule has 0 fully saturated rings. The second-order valence-corrected chi connectivity index (χ2v) is 4.23. The Morgan fingerprint density at radius 3 is 2.54 bits per heavy atom. The van der Waals surface area contributed by atoms with Crippen LogP contribution in [0.1, 0.15) is 25.0 Å². The van der Waals surface area contributed by atoms with Crippen molar-refractivity contribution in [1.29, 1.82) is 0 Å². The highest BCUT2D eigenvalue weighted by Gasteiger charge is 1.98. The van der Waals surface area contributed by atoms with Crippen LogP contribution in [0.4, 0.5) is 0 Å². The van der Waals surface area contributed by atoms with E-state index in [1.807, 2.05) is 0 Å². The predicted octanol–water partition coefficient (Wildman–Crippen LogP) is 3.67. The summed E-state index contributed by atoms with van der Waals surface area (Å²) in [6, 6.07) is 8.73. The molecule has 1 aromatic carbocycles. The van der Waals surface area contributed by atoms with Crippen LogP contribution >= 0.6 is 11.6 Å². The Balaban J connectivity index is 2.67. The molecule has 1 aromatic rings. The van der Waals surface area contributed by atoms with E-state index in [0.717, 1.165) is 18.8 Å². The van der Waals surface area contributed by atoms with Crippen LogP contribution in [-0.4, -0.2) is 5.88 Å². The van der Waals surface area contributed by atoms with Crippen molar-refractivity contribution >= 4 is 11.6 Å². The Morgan fingerprint density at radius 2 is 1.92 bits per heavy atom. The molecule has 0 aliphatic heterocycles. The molecule has 0 aliphatic carbocycles. The van der Waals surface area contributed by atoms with Gasteiger partial charge < -0.3 is 0 Å². The summed E-state index contributed by atoms with van der Waals surface area (Å²) in [6.45, 7) is 4.49. The van der Waals surface area contributed by atoms with Crippen LogP contribution in [0.5, 0.6) is 0 Å². The van der Waals surface area contributed by atoms with Crippen molar-refractivity contribution in [3.8, 4) is 0 Å². The molecule has 0 nitrogen and oxygen atoms in total. The van der Waals surface area contributed by atoms with Crippen LogP contribution < -0.4 is 0 Å². The number of rotatable bonds is 4. The third-order valence-corrected chi connectivity index (χ3v) is 2.21. The second kappa shape index (κ2) is 5.29. The average Bonchev–Trinajstić information content (AvgIpc) is 2.04. The van der Waals surface area contributed by atoms with Crippen molar-refractivity contribution in [2.75, 3.05) is 5.88 Å². The number of hydrogen-bond acceptors (Lipinski definition) is 0. The highest BCUT2D eigenvalue weighted by atomic mass is 35.5. The Morgan fingerprint density at radius 1 is 1.23 bits per heavy atom. The van der Waals surface area contributed by atoms with E-state index in [1.54, 1.807) is 0 Å². The summed E-state index contributed by atoms with van der Waals surface area (Å²) in [5.41, 5.74) is 2.78. The van der Waals surface area contributed by atoms with Crippen LogP contribution in [-0.2, 0) is 12.8 Å². The molecule has 0 heterocycles. The summed E-state index contributed by atoms with van der Waals surface area (Å²) in [6.07, 6.45) is 2.14. The van der Waals surface area contributed by atoms with Gasteiger partial charge in [-0.3, -0.25) is 0 Å². The van der Waals surface area contributed by atoms with Crippen molar-refractivity contribution in [3.05, 3.63) is 35.4 Å². The number of halogens is 1. The fraction of sp³-hybridized carbons (Fsp3) is 0.500. The van der Waals surface area contributed by atoms with Crippen LogP contribution in [0, 0.1) is 5.92 Å². The number of benzene rings is 1. The number of alkyl halides is 1. The maximum absolute atomic E-state index is 5.69. The van der Waals surface area contributed by atoms with E-state index in [2.05, 4.69) is 38.1 Å². The first kappa shape index (κ1) is 10.6. The van der Waals surface area contributed by atoms with Gasteiger partial charge in [-0.05, 0) is 29.9 Å². The lowest BCUT2D eigenvalue weighted by molar-refractivity contribution is 0.647. The van der Waals surface area contributed by atoms with Crippen molar-refractivity contribution in [1.82, 2.24) is 0 Å². The predicted molar refractivity (Wildman–Crippen MR) is 59.4 cm³/mol. The third kappa shape index (κ3) is 3.82. The first-order valence-corrected chi connectivity index (χ1v) is 5.39. The molecule has 1 rings (SSSR count). The molecule has 72 valence electrons. The van der Waals surface area contributed by atoms with E-state index >= 15 is 0 Å². The Hall–Kier alpha value is -0.490. The minimum atomic E-state index is 0.713. The van der Waals surface area contributed by atoms with Gasteiger partial charge in [0.05, 0.1) is 0 Å². The molecule has 0 N–H and O–H groups in total. The molecule has 0 atom stereocenters. The largest absolute Gasteiger partial charge is 0.126 e. The summed E-state index contributed by atoms with van der Waals surface area (Å²) < 4.78 is 0. The zero-order valence-corrected chi connectivity index (χ0v) is 9.14. The number of aryl methyl sites for hydroxylation is 1. The summed E-state index contributed by atoms with van der Waals surface area (Å²) in [5, 5.41) is 0. The smallest absolute Gasteiger partial charge is 0.0263 e.